The van der Waals surface area contributed by atoms with E-state index < -0.39 is 0 Å². The number of rotatable bonds is 2. The molecule has 0 unspecified atom stereocenters. The van der Waals surface area contributed by atoms with E-state index in [0.29, 0.717) is 11.4 Å². The topological polar surface area (TPSA) is 42.2 Å². The van der Waals surface area contributed by atoms with E-state index in [0.717, 1.165) is 5.69 Å². The lowest BCUT2D eigenvalue weighted by atomic mass is 10.2. The second-order valence-electron chi connectivity index (χ2n) is 3.44. The number of hydrogen-bond acceptors (Lipinski definition) is 3. The maximum atomic E-state index is 13.6. The Kier molecular flexibility index (Phi) is 2.72. The molecule has 2 aromatic rings. The first-order valence-electron chi connectivity index (χ1n) is 4.88. The van der Waals surface area contributed by atoms with Gasteiger partial charge in [-0.2, -0.15) is 0 Å². The van der Waals surface area contributed by atoms with Crippen molar-refractivity contribution in [3.63, 3.8) is 0 Å². The first-order valence-corrected chi connectivity index (χ1v) is 4.88. The Morgan fingerprint density at radius 3 is 2.62 bits per heavy atom. The van der Waals surface area contributed by atoms with Gasteiger partial charge in [0.1, 0.15) is 5.82 Å². The number of anilines is 3. The van der Waals surface area contributed by atoms with Crippen LogP contribution >= 0.6 is 0 Å². The molecule has 0 amide bonds. The molecule has 0 spiro atoms. The summed E-state index contributed by atoms with van der Waals surface area (Å²) in [7, 11) is 1.77. The van der Waals surface area contributed by atoms with Crippen molar-refractivity contribution in [2.45, 2.75) is 0 Å². The van der Waals surface area contributed by atoms with Crippen molar-refractivity contribution in [2.75, 3.05) is 17.7 Å². The molecular formula is C12H12FN3. The van der Waals surface area contributed by atoms with E-state index in [-0.39, 0.29) is 5.82 Å². The number of benzene rings is 1. The Hall–Kier alpha value is -2.10. The number of nitrogens with two attached hydrogens (primary N) is 1. The zero-order chi connectivity index (χ0) is 11.5. The minimum atomic E-state index is -0.277. The summed E-state index contributed by atoms with van der Waals surface area (Å²) >= 11 is 0. The maximum Gasteiger partial charge on any atom is 0.146 e. The van der Waals surface area contributed by atoms with Crippen molar-refractivity contribution in [3.8, 4) is 0 Å². The standard InChI is InChI=1S/C12H12FN3/c1-16(11-5-3-2-4-9(11)13)12-6-7-15-8-10(12)14/h2-8H,14H2,1H3. The maximum absolute atomic E-state index is 13.6. The van der Waals surface area contributed by atoms with Crippen LogP contribution in [0.5, 0.6) is 0 Å². The molecule has 0 bridgehead atoms. The van der Waals surface area contributed by atoms with Crippen LogP contribution in [0.25, 0.3) is 0 Å². The molecule has 2 rings (SSSR count). The molecule has 1 aromatic carbocycles. The second kappa shape index (κ2) is 4.18. The zero-order valence-electron chi connectivity index (χ0n) is 8.89. The van der Waals surface area contributed by atoms with E-state index in [9.17, 15) is 4.39 Å². The van der Waals surface area contributed by atoms with Crippen LogP contribution in [0.15, 0.2) is 42.7 Å². The van der Waals surface area contributed by atoms with Crippen LogP contribution in [0, 0.1) is 5.82 Å². The summed E-state index contributed by atoms with van der Waals surface area (Å²) in [6.45, 7) is 0. The van der Waals surface area contributed by atoms with Crippen molar-refractivity contribution < 1.29 is 4.39 Å². The van der Waals surface area contributed by atoms with Gasteiger partial charge in [-0.1, -0.05) is 12.1 Å². The van der Waals surface area contributed by atoms with Gasteiger partial charge in [0.2, 0.25) is 0 Å². The molecule has 82 valence electrons. The third-order valence-corrected chi connectivity index (χ3v) is 2.40. The normalized spacial score (nSPS) is 10.1. The Morgan fingerprint density at radius 2 is 1.94 bits per heavy atom. The molecule has 0 atom stereocenters. The van der Waals surface area contributed by atoms with E-state index in [1.54, 1.807) is 48.6 Å². The second-order valence-corrected chi connectivity index (χ2v) is 3.44. The average Bonchev–Trinajstić information content (AvgIpc) is 2.29. The molecule has 0 radical (unpaired) electrons. The fourth-order valence-corrected chi connectivity index (χ4v) is 1.56. The van der Waals surface area contributed by atoms with Crippen molar-refractivity contribution in [2.24, 2.45) is 0 Å². The van der Waals surface area contributed by atoms with Crippen LogP contribution < -0.4 is 10.6 Å². The van der Waals surface area contributed by atoms with Gasteiger partial charge in [0.25, 0.3) is 0 Å². The van der Waals surface area contributed by atoms with Gasteiger partial charge in [-0.3, -0.25) is 4.98 Å². The highest BCUT2D eigenvalue weighted by molar-refractivity contribution is 5.73. The lowest BCUT2D eigenvalue weighted by molar-refractivity contribution is 0.627. The number of pyridine rings is 1. The largest absolute Gasteiger partial charge is 0.396 e. The van der Waals surface area contributed by atoms with Crippen LogP contribution in [0.1, 0.15) is 0 Å². The van der Waals surface area contributed by atoms with Gasteiger partial charge < -0.3 is 10.6 Å². The van der Waals surface area contributed by atoms with Crippen LogP contribution in [0.3, 0.4) is 0 Å². The van der Waals surface area contributed by atoms with Crippen LogP contribution in [0.2, 0.25) is 0 Å². The molecule has 1 aromatic heterocycles. The molecule has 0 saturated carbocycles. The smallest absolute Gasteiger partial charge is 0.146 e. The van der Waals surface area contributed by atoms with Crippen LogP contribution in [-0.2, 0) is 0 Å². The fraction of sp³-hybridized carbons (Fsp3) is 0.0833. The van der Waals surface area contributed by atoms with E-state index in [2.05, 4.69) is 4.98 Å². The number of para-hydroxylation sites is 1. The fourth-order valence-electron chi connectivity index (χ4n) is 1.56. The first kappa shape index (κ1) is 10.4. The van der Waals surface area contributed by atoms with E-state index >= 15 is 0 Å². The minimum Gasteiger partial charge on any atom is -0.396 e. The zero-order valence-corrected chi connectivity index (χ0v) is 8.89. The van der Waals surface area contributed by atoms with Gasteiger partial charge in [-0.05, 0) is 18.2 Å². The predicted molar refractivity (Wildman–Crippen MR) is 63.1 cm³/mol. The molecular weight excluding hydrogens is 205 g/mol. The summed E-state index contributed by atoms with van der Waals surface area (Å²) in [4.78, 5) is 5.60. The SMILES string of the molecule is CN(c1ccncc1N)c1ccccc1F. The highest BCUT2D eigenvalue weighted by Gasteiger charge is 2.10. The Balaban J connectivity index is 2.44. The molecule has 3 nitrogen and oxygen atoms in total. The summed E-state index contributed by atoms with van der Waals surface area (Å²) in [5, 5.41) is 0. The monoisotopic (exact) mass is 217 g/mol. The molecule has 16 heavy (non-hydrogen) atoms. The lowest BCUT2D eigenvalue weighted by Gasteiger charge is -2.21. The quantitative estimate of drug-likeness (QED) is 0.840. The van der Waals surface area contributed by atoms with Crippen molar-refractivity contribution >= 4 is 17.1 Å². The minimum absolute atomic E-state index is 0.277. The molecule has 0 aliphatic heterocycles. The Morgan fingerprint density at radius 1 is 1.19 bits per heavy atom. The van der Waals surface area contributed by atoms with Crippen molar-refractivity contribution in [1.82, 2.24) is 4.98 Å². The molecule has 0 aliphatic rings. The van der Waals surface area contributed by atoms with Crippen LogP contribution in [-0.4, -0.2) is 12.0 Å². The molecule has 2 N–H and O–H groups in total. The average molecular weight is 217 g/mol. The number of nitrogen functional groups attached to an aromatic ring is 1. The van der Waals surface area contributed by atoms with Gasteiger partial charge >= 0.3 is 0 Å². The molecule has 0 fully saturated rings. The molecule has 0 aliphatic carbocycles. The van der Waals surface area contributed by atoms with Crippen LogP contribution in [0.4, 0.5) is 21.5 Å². The van der Waals surface area contributed by atoms with E-state index in [4.69, 9.17) is 5.73 Å². The summed E-state index contributed by atoms with van der Waals surface area (Å²) in [6, 6.07) is 8.31. The van der Waals surface area contributed by atoms with Gasteiger partial charge in [-0.25, -0.2) is 4.39 Å². The van der Waals surface area contributed by atoms with Crippen molar-refractivity contribution in [1.29, 1.82) is 0 Å². The van der Waals surface area contributed by atoms with Gasteiger partial charge in [0, 0.05) is 13.2 Å². The van der Waals surface area contributed by atoms with E-state index in [1.807, 2.05) is 0 Å². The molecule has 0 saturated heterocycles. The van der Waals surface area contributed by atoms with Gasteiger partial charge in [0.15, 0.2) is 0 Å². The molecule has 4 heteroatoms. The summed E-state index contributed by atoms with van der Waals surface area (Å²) < 4.78 is 13.6. The summed E-state index contributed by atoms with van der Waals surface area (Å²) in [5.41, 5.74) is 7.53. The highest BCUT2D eigenvalue weighted by Crippen LogP contribution is 2.29. The first-order chi connectivity index (χ1) is 7.70. The van der Waals surface area contributed by atoms with E-state index in [1.165, 1.54) is 6.07 Å². The Labute approximate surface area is 93.3 Å². The number of hydrogen-bond donors (Lipinski definition) is 1. The third kappa shape index (κ3) is 1.82. The third-order valence-electron chi connectivity index (χ3n) is 2.40. The summed E-state index contributed by atoms with van der Waals surface area (Å²) in [6.07, 6.45) is 3.18. The van der Waals surface area contributed by atoms with Gasteiger partial charge in [-0.15, -0.1) is 0 Å². The predicted octanol–water partition coefficient (Wildman–Crippen LogP) is 2.57. The highest BCUT2D eigenvalue weighted by atomic mass is 19.1. The number of aromatic nitrogens is 1. The number of nitrogens with zero attached hydrogens (tertiary/aromatic N) is 2. The van der Waals surface area contributed by atoms with Crippen molar-refractivity contribution in [3.05, 3.63) is 48.5 Å². The summed E-state index contributed by atoms with van der Waals surface area (Å²) in [5.74, 6) is -0.277. The Bertz CT molecular complexity index is 454. The molecule has 1 heterocycles. The lowest BCUT2D eigenvalue weighted by Crippen LogP contribution is -2.13. The van der Waals surface area contributed by atoms with Gasteiger partial charge in [0.05, 0.1) is 23.3 Å². The number of halogens is 1.